The van der Waals surface area contributed by atoms with Gasteiger partial charge in [-0.2, -0.15) is 0 Å². The van der Waals surface area contributed by atoms with Gasteiger partial charge in [-0.15, -0.1) is 0 Å². The summed E-state index contributed by atoms with van der Waals surface area (Å²) < 4.78 is 18.2. The van der Waals surface area contributed by atoms with Crippen molar-refractivity contribution in [2.45, 2.75) is 18.9 Å². The van der Waals surface area contributed by atoms with Gasteiger partial charge in [0.1, 0.15) is 11.6 Å². The molecule has 0 radical (unpaired) electrons. The Morgan fingerprint density at radius 1 is 1.14 bits per heavy atom. The third kappa shape index (κ3) is 3.85. The van der Waals surface area contributed by atoms with Gasteiger partial charge in [-0.05, 0) is 48.6 Å². The van der Waals surface area contributed by atoms with Crippen LogP contribution in [0.2, 0.25) is 0 Å². The molecule has 1 saturated carbocycles. The largest absolute Gasteiger partial charge is 0.484 e. The normalized spacial score (nSPS) is 15.1. The van der Waals surface area contributed by atoms with Crippen molar-refractivity contribution in [3.63, 3.8) is 0 Å². The highest BCUT2D eigenvalue weighted by atomic mass is 19.1. The molecule has 1 atom stereocenters. The van der Waals surface area contributed by atoms with E-state index < -0.39 is 0 Å². The van der Waals surface area contributed by atoms with E-state index in [0.29, 0.717) is 11.7 Å². The summed E-state index contributed by atoms with van der Waals surface area (Å²) in [5.74, 6) is 0.510. The Morgan fingerprint density at radius 3 is 2.45 bits per heavy atom. The molecule has 2 aromatic rings. The maximum absolute atomic E-state index is 12.8. The molecule has 0 aromatic heterocycles. The van der Waals surface area contributed by atoms with E-state index in [0.717, 1.165) is 18.4 Å². The molecule has 1 aliphatic rings. The molecule has 0 aliphatic heterocycles. The second-order valence-electron chi connectivity index (χ2n) is 5.54. The first-order valence-corrected chi connectivity index (χ1v) is 7.45. The van der Waals surface area contributed by atoms with Crippen molar-refractivity contribution in [3.8, 4) is 5.75 Å². The Hall–Kier alpha value is -2.36. The van der Waals surface area contributed by atoms with Crippen molar-refractivity contribution in [2.75, 3.05) is 6.61 Å². The minimum atomic E-state index is -0.324. The van der Waals surface area contributed by atoms with Crippen LogP contribution < -0.4 is 10.1 Å². The van der Waals surface area contributed by atoms with E-state index in [1.165, 1.54) is 24.3 Å². The number of nitrogens with one attached hydrogen (secondary N) is 1. The molecule has 0 bridgehead atoms. The van der Waals surface area contributed by atoms with Gasteiger partial charge in [0.15, 0.2) is 6.61 Å². The summed E-state index contributed by atoms with van der Waals surface area (Å²) in [6, 6.07) is 15.7. The van der Waals surface area contributed by atoms with Gasteiger partial charge in [0.25, 0.3) is 5.91 Å². The van der Waals surface area contributed by atoms with Crippen LogP contribution in [-0.2, 0) is 4.79 Å². The van der Waals surface area contributed by atoms with Crippen LogP contribution in [-0.4, -0.2) is 12.5 Å². The van der Waals surface area contributed by atoms with E-state index in [1.807, 2.05) is 30.3 Å². The molecule has 0 spiro atoms. The SMILES string of the molecule is O=C(COc1ccc(F)cc1)N[C@H](c1ccccc1)C1CC1. The highest BCUT2D eigenvalue weighted by Crippen LogP contribution is 2.40. The predicted octanol–water partition coefficient (Wildman–Crippen LogP) is 3.47. The van der Waals surface area contributed by atoms with Crippen LogP contribution in [0.15, 0.2) is 54.6 Å². The van der Waals surface area contributed by atoms with E-state index >= 15 is 0 Å². The van der Waals surface area contributed by atoms with Gasteiger partial charge in [0.05, 0.1) is 6.04 Å². The molecule has 0 heterocycles. The van der Waals surface area contributed by atoms with Gasteiger partial charge in [0.2, 0.25) is 0 Å². The first-order chi connectivity index (χ1) is 10.7. The number of carbonyl (C=O) groups is 1. The van der Waals surface area contributed by atoms with Crippen molar-refractivity contribution in [1.82, 2.24) is 5.32 Å². The van der Waals surface area contributed by atoms with Gasteiger partial charge >= 0.3 is 0 Å². The summed E-state index contributed by atoms with van der Waals surface area (Å²) in [4.78, 5) is 12.1. The van der Waals surface area contributed by atoms with Crippen molar-refractivity contribution in [1.29, 1.82) is 0 Å². The lowest BCUT2D eigenvalue weighted by molar-refractivity contribution is -0.124. The lowest BCUT2D eigenvalue weighted by Gasteiger charge is -2.19. The van der Waals surface area contributed by atoms with E-state index in [9.17, 15) is 9.18 Å². The first kappa shape index (κ1) is 14.6. The number of ether oxygens (including phenoxy) is 1. The molecule has 2 aromatic carbocycles. The second-order valence-corrected chi connectivity index (χ2v) is 5.54. The number of halogens is 1. The van der Waals surface area contributed by atoms with Crippen molar-refractivity contribution in [3.05, 3.63) is 66.0 Å². The Balaban J connectivity index is 1.56. The summed E-state index contributed by atoms with van der Waals surface area (Å²) in [6.07, 6.45) is 2.28. The third-order valence-corrected chi connectivity index (χ3v) is 3.75. The molecular formula is C18H18FNO2. The zero-order chi connectivity index (χ0) is 15.4. The number of carbonyl (C=O) groups excluding carboxylic acids is 1. The van der Waals surface area contributed by atoms with Crippen LogP contribution in [0.25, 0.3) is 0 Å². The molecule has 3 nitrogen and oxygen atoms in total. The summed E-state index contributed by atoms with van der Waals surface area (Å²) in [5.41, 5.74) is 1.13. The molecule has 114 valence electrons. The average molecular weight is 299 g/mol. The standard InChI is InChI=1S/C18H18FNO2/c19-15-8-10-16(11-9-15)22-12-17(21)20-18(14-6-7-14)13-4-2-1-3-5-13/h1-5,8-11,14,18H,6-7,12H2,(H,20,21)/t18-/m1/s1. The van der Waals surface area contributed by atoms with Crippen LogP contribution in [0.4, 0.5) is 4.39 Å². The van der Waals surface area contributed by atoms with Crippen molar-refractivity contribution < 1.29 is 13.9 Å². The zero-order valence-electron chi connectivity index (χ0n) is 12.2. The average Bonchev–Trinajstić information content (AvgIpc) is 3.38. The fraction of sp³-hybridized carbons (Fsp3) is 0.278. The number of rotatable bonds is 6. The minimum absolute atomic E-state index is 0.0468. The quantitative estimate of drug-likeness (QED) is 0.887. The number of amides is 1. The molecule has 22 heavy (non-hydrogen) atoms. The van der Waals surface area contributed by atoms with Crippen molar-refractivity contribution in [2.24, 2.45) is 5.92 Å². The molecule has 3 rings (SSSR count). The van der Waals surface area contributed by atoms with Crippen molar-refractivity contribution >= 4 is 5.91 Å². The maximum atomic E-state index is 12.8. The topological polar surface area (TPSA) is 38.3 Å². The van der Waals surface area contributed by atoms with Crippen LogP contribution in [0.3, 0.4) is 0 Å². The Bertz CT molecular complexity index is 623. The van der Waals surface area contributed by atoms with Crippen LogP contribution >= 0.6 is 0 Å². The molecule has 4 heteroatoms. The van der Waals surface area contributed by atoms with Gasteiger partial charge in [0, 0.05) is 0 Å². The van der Waals surface area contributed by atoms with Crippen LogP contribution in [0.5, 0.6) is 5.75 Å². The van der Waals surface area contributed by atoms with Gasteiger partial charge in [-0.25, -0.2) is 4.39 Å². The second kappa shape index (κ2) is 6.60. The molecule has 1 fully saturated rings. The minimum Gasteiger partial charge on any atom is -0.484 e. The monoisotopic (exact) mass is 299 g/mol. The summed E-state index contributed by atoms with van der Waals surface area (Å²) in [6.45, 7) is -0.0678. The fourth-order valence-corrected chi connectivity index (χ4v) is 2.46. The Morgan fingerprint density at radius 2 is 1.82 bits per heavy atom. The highest BCUT2D eigenvalue weighted by molar-refractivity contribution is 5.78. The molecule has 1 N–H and O–H groups in total. The molecular weight excluding hydrogens is 281 g/mol. The van der Waals surface area contributed by atoms with Gasteiger partial charge < -0.3 is 10.1 Å². The number of hydrogen-bond donors (Lipinski definition) is 1. The predicted molar refractivity (Wildman–Crippen MR) is 81.9 cm³/mol. The van der Waals surface area contributed by atoms with E-state index in [2.05, 4.69) is 5.32 Å². The Labute approximate surface area is 129 Å². The first-order valence-electron chi connectivity index (χ1n) is 7.45. The lowest BCUT2D eigenvalue weighted by atomic mass is 10.0. The fourth-order valence-electron chi connectivity index (χ4n) is 2.46. The third-order valence-electron chi connectivity index (χ3n) is 3.75. The highest BCUT2D eigenvalue weighted by Gasteiger charge is 2.33. The maximum Gasteiger partial charge on any atom is 0.258 e. The number of hydrogen-bond acceptors (Lipinski definition) is 2. The lowest BCUT2D eigenvalue weighted by Crippen LogP contribution is -2.33. The summed E-state index contributed by atoms with van der Waals surface area (Å²) in [7, 11) is 0. The smallest absolute Gasteiger partial charge is 0.258 e. The van der Waals surface area contributed by atoms with E-state index in [4.69, 9.17) is 4.74 Å². The zero-order valence-corrected chi connectivity index (χ0v) is 12.2. The van der Waals surface area contributed by atoms with Crippen LogP contribution in [0, 0.1) is 11.7 Å². The molecule has 0 saturated heterocycles. The molecule has 1 amide bonds. The van der Waals surface area contributed by atoms with E-state index in [-0.39, 0.29) is 24.4 Å². The van der Waals surface area contributed by atoms with Crippen LogP contribution in [0.1, 0.15) is 24.4 Å². The summed E-state index contributed by atoms with van der Waals surface area (Å²) >= 11 is 0. The van der Waals surface area contributed by atoms with Gasteiger partial charge in [-0.1, -0.05) is 30.3 Å². The summed E-state index contributed by atoms with van der Waals surface area (Å²) in [5, 5.41) is 3.04. The number of benzene rings is 2. The van der Waals surface area contributed by atoms with Gasteiger partial charge in [-0.3, -0.25) is 4.79 Å². The van der Waals surface area contributed by atoms with E-state index in [1.54, 1.807) is 0 Å². The Kier molecular flexibility index (Phi) is 4.37. The molecule has 1 aliphatic carbocycles. The molecule has 0 unspecified atom stereocenters.